The van der Waals surface area contributed by atoms with Gasteiger partial charge in [0.15, 0.2) is 0 Å². The second-order valence-corrected chi connectivity index (χ2v) is 7.62. The molecule has 3 rings (SSSR count). The van der Waals surface area contributed by atoms with E-state index >= 15 is 0 Å². The van der Waals surface area contributed by atoms with Gasteiger partial charge in [-0.15, -0.1) is 0 Å². The predicted molar refractivity (Wildman–Crippen MR) is 107 cm³/mol. The summed E-state index contributed by atoms with van der Waals surface area (Å²) in [5.41, 5.74) is 1.06. The fraction of sp³-hybridized carbons (Fsp3) is 0.652. The van der Waals surface area contributed by atoms with Gasteiger partial charge in [0.25, 0.3) is 0 Å². The Balaban J connectivity index is 1.71. The van der Waals surface area contributed by atoms with Crippen molar-refractivity contribution in [3.05, 3.63) is 29.8 Å². The van der Waals surface area contributed by atoms with E-state index in [1.54, 1.807) is 7.11 Å². The fourth-order valence-corrected chi connectivity index (χ4v) is 4.57. The molecule has 3 heteroatoms. The standard InChI is InChI=1S/C23H33NO2/c1-25-21-16-14-19(15-17-21)9-8-18-24(20-10-4-3-5-11-20)22-12-6-7-13-23(22)26-2/h14-17,20,22-23H,3-7,10-13,18H2,1-2H3. The van der Waals surface area contributed by atoms with Crippen LogP contribution >= 0.6 is 0 Å². The molecule has 0 aromatic heterocycles. The Labute approximate surface area is 159 Å². The molecule has 0 saturated heterocycles. The van der Waals surface area contributed by atoms with Crippen LogP contribution in [0.1, 0.15) is 63.4 Å². The first kappa shape index (κ1) is 19.3. The first-order chi connectivity index (χ1) is 12.8. The number of nitrogens with zero attached hydrogens (tertiary/aromatic N) is 1. The van der Waals surface area contributed by atoms with Gasteiger partial charge in [0.05, 0.1) is 19.8 Å². The summed E-state index contributed by atoms with van der Waals surface area (Å²) in [5, 5.41) is 0. The molecule has 142 valence electrons. The Morgan fingerprint density at radius 1 is 0.923 bits per heavy atom. The van der Waals surface area contributed by atoms with E-state index in [9.17, 15) is 0 Å². The third-order valence-corrected chi connectivity index (χ3v) is 6.02. The van der Waals surface area contributed by atoms with Gasteiger partial charge in [-0.3, -0.25) is 4.90 Å². The molecule has 0 aliphatic heterocycles. The van der Waals surface area contributed by atoms with Crippen LogP contribution < -0.4 is 4.74 Å². The van der Waals surface area contributed by atoms with Crippen molar-refractivity contribution in [1.82, 2.24) is 4.90 Å². The van der Waals surface area contributed by atoms with Gasteiger partial charge in [0, 0.05) is 24.8 Å². The van der Waals surface area contributed by atoms with Gasteiger partial charge in [0.1, 0.15) is 5.75 Å². The summed E-state index contributed by atoms with van der Waals surface area (Å²) in [4.78, 5) is 2.68. The van der Waals surface area contributed by atoms with Gasteiger partial charge >= 0.3 is 0 Å². The highest BCUT2D eigenvalue weighted by molar-refractivity contribution is 5.38. The van der Waals surface area contributed by atoms with Gasteiger partial charge in [0.2, 0.25) is 0 Å². The Morgan fingerprint density at radius 2 is 1.62 bits per heavy atom. The molecule has 0 N–H and O–H groups in total. The number of hydrogen-bond donors (Lipinski definition) is 0. The van der Waals surface area contributed by atoms with Crippen LogP contribution in [-0.4, -0.2) is 43.9 Å². The van der Waals surface area contributed by atoms with Crippen LogP contribution in [0.4, 0.5) is 0 Å². The third-order valence-electron chi connectivity index (χ3n) is 6.02. The second kappa shape index (κ2) is 10.00. The van der Waals surface area contributed by atoms with Gasteiger partial charge in [-0.05, 0) is 49.9 Å². The molecule has 0 amide bonds. The summed E-state index contributed by atoms with van der Waals surface area (Å²) in [6, 6.07) is 9.23. The highest BCUT2D eigenvalue weighted by atomic mass is 16.5. The molecule has 1 aromatic rings. The molecule has 0 radical (unpaired) electrons. The lowest BCUT2D eigenvalue weighted by Gasteiger charge is -2.43. The maximum absolute atomic E-state index is 5.86. The van der Waals surface area contributed by atoms with Crippen molar-refractivity contribution in [3.8, 4) is 17.6 Å². The zero-order valence-corrected chi connectivity index (χ0v) is 16.4. The van der Waals surface area contributed by atoms with Crippen molar-refractivity contribution >= 4 is 0 Å². The van der Waals surface area contributed by atoms with Crippen LogP contribution in [0.5, 0.6) is 5.75 Å². The first-order valence-electron chi connectivity index (χ1n) is 10.2. The molecule has 2 atom stereocenters. The van der Waals surface area contributed by atoms with Crippen molar-refractivity contribution in [1.29, 1.82) is 0 Å². The average molecular weight is 356 g/mol. The van der Waals surface area contributed by atoms with Crippen LogP contribution in [0.2, 0.25) is 0 Å². The minimum Gasteiger partial charge on any atom is -0.497 e. The quantitative estimate of drug-likeness (QED) is 0.718. The van der Waals surface area contributed by atoms with E-state index < -0.39 is 0 Å². The van der Waals surface area contributed by atoms with Crippen molar-refractivity contribution in [2.45, 2.75) is 76.0 Å². The summed E-state index contributed by atoms with van der Waals surface area (Å²) >= 11 is 0. The minimum absolute atomic E-state index is 0.369. The zero-order chi connectivity index (χ0) is 18.2. The van der Waals surface area contributed by atoms with Crippen LogP contribution in [0.25, 0.3) is 0 Å². The molecule has 2 unspecified atom stereocenters. The highest BCUT2D eigenvalue weighted by Crippen LogP contribution is 2.31. The Bertz CT molecular complexity index is 595. The first-order valence-corrected chi connectivity index (χ1v) is 10.2. The Hall–Kier alpha value is -1.50. The lowest BCUT2D eigenvalue weighted by molar-refractivity contribution is -0.0273. The predicted octanol–water partition coefficient (Wildman–Crippen LogP) is 4.64. The Morgan fingerprint density at radius 3 is 2.31 bits per heavy atom. The molecule has 2 saturated carbocycles. The lowest BCUT2D eigenvalue weighted by atomic mass is 9.87. The van der Waals surface area contributed by atoms with Gasteiger partial charge < -0.3 is 9.47 Å². The minimum atomic E-state index is 0.369. The van der Waals surface area contributed by atoms with Crippen molar-refractivity contribution < 1.29 is 9.47 Å². The number of hydrogen-bond acceptors (Lipinski definition) is 3. The average Bonchev–Trinajstić information content (AvgIpc) is 2.72. The fourth-order valence-electron chi connectivity index (χ4n) is 4.57. The summed E-state index contributed by atoms with van der Waals surface area (Å²) < 4.78 is 11.1. The van der Waals surface area contributed by atoms with E-state index in [1.807, 2.05) is 31.4 Å². The zero-order valence-electron chi connectivity index (χ0n) is 16.4. The van der Waals surface area contributed by atoms with Gasteiger partial charge in [-0.1, -0.05) is 43.9 Å². The number of ether oxygens (including phenoxy) is 2. The molecule has 0 heterocycles. The van der Waals surface area contributed by atoms with E-state index in [0.29, 0.717) is 18.2 Å². The maximum Gasteiger partial charge on any atom is 0.118 e. The van der Waals surface area contributed by atoms with E-state index in [1.165, 1.54) is 57.8 Å². The van der Waals surface area contributed by atoms with Crippen molar-refractivity contribution in [2.24, 2.45) is 0 Å². The maximum atomic E-state index is 5.86. The topological polar surface area (TPSA) is 21.7 Å². The van der Waals surface area contributed by atoms with E-state index in [2.05, 4.69) is 16.7 Å². The molecular formula is C23H33NO2. The normalized spacial score (nSPS) is 24.1. The molecule has 0 bridgehead atoms. The van der Waals surface area contributed by atoms with Crippen LogP contribution in [0.3, 0.4) is 0 Å². The monoisotopic (exact) mass is 355 g/mol. The largest absolute Gasteiger partial charge is 0.497 e. The van der Waals surface area contributed by atoms with E-state index in [4.69, 9.17) is 9.47 Å². The third kappa shape index (κ3) is 5.02. The van der Waals surface area contributed by atoms with Gasteiger partial charge in [-0.25, -0.2) is 0 Å². The van der Waals surface area contributed by atoms with Crippen LogP contribution in [0, 0.1) is 11.8 Å². The molecule has 1 aromatic carbocycles. The smallest absolute Gasteiger partial charge is 0.118 e. The van der Waals surface area contributed by atoms with E-state index in [-0.39, 0.29) is 0 Å². The second-order valence-electron chi connectivity index (χ2n) is 7.62. The molecule has 2 fully saturated rings. The summed E-state index contributed by atoms with van der Waals surface area (Å²) in [7, 11) is 3.57. The van der Waals surface area contributed by atoms with Crippen molar-refractivity contribution in [2.75, 3.05) is 20.8 Å². The van der Waals surface area contributed by atoms with Crippen LogP contribution in [-0.2, 0) is 4.74 Å². The molecule has 26 heavy (non-hydrogen) atoms. The summed E-state index contributed by atoms with van der Waals surface area (Å²) in [6.07, 6.45) is 12.2. The highest BCUT2D eigenvalue weighted by Gasteiger charge is 2.34. The molecule has 2 aliphatic carbocycles. The summed E-state index contributed by atoms with van der Waals surface area (Å²) in [5.74, 6) is 7.69. The van der Waals surface area contributed by atoms with Crippen molar-refractivity contribution in [3.63, 3.8) is 0 Å². The molecule has 0 spiro atoms. The number of rotatable bonds is 5. The lowest BCUT2D eigenvalue weighted by Crippen LogP contribution is -2.51. The molecule has 2 aliphatic rings. The van der Waals surface area contributed by atoms with Crippen LogP contribution in [0.15, 0.2) is 24.3 Å². The number of methoxy groups -OCH3 is 2. The molecule has 3 nitrogen and oxygen atoms in total. The number of benzene rings is 1. The molecular weight excluding hydrogens is 322 g/mol. The summed E-state index contributed by atoms with van der Waals surface area (Å²) in [6.45, 7) is 0.848. The van der Waals surface area contributed by atoms with Gasteiger partial charge in [-0.2, -0.15) is 0 Å². The SMILES string of the molecule is COc1ccc(C#CCN(C2CCCCC2)C2CCCCC2OC)cc1. The van der Waals surface area contributed by atoms with E-state index in [0.717, 1.165) is 17.9 Å². The Kier molecular flexibility index (Phi) is 7.41.